The highest BCUT2D eigenvalue weighted by Crippen LogP contribution is 2.61. The first-order chi connectivity index (χ1) is 25.4. The molecule has 3 aromatic carbocycles. The molecule has 3 aromatic heterocycles. The number of ether oxygens (including phenoxy) is 2. The van der Waals surface area contributed by atoms with Crippen molar-refractivity contribution in [3.05, 3.63) is 95.3 Å². The normalized spacial score (nSPS) is 24.8. The van der Waals surface area contributed by atoms with Crippen LogP contribution in [0.1, 0.15) is 54.7 Å². The van der Waals surface area contributed by atoms with E-state index in [0.717, 1.165) is 50.0 Å². The first-order valence-corrected chi connectivity index (χ1v) is 17.9. The van der Waals surface area contributed by atoms with Crippen LogP contribution in [-0.4, -0.2) is 52.2 Å². The third-order valence-corrected chi connectivity index (χ3v) is 11.4. The maximum absolute atomic E-state index is 14.2. The van der Waals surface area contributed by atoms with Gasteiger partial charge in [-0.1, -0.05) is 56.3 Å². The lowest BCUT2D eigenvalue weighted by Crippen LogP contribution is -2.51. The van der Waals surface area contributed by atoms with E-state index in [4.69, 9.17) is 28.3 Å². The van der Waals surface area contributed by atoms with Gasteiger partial charge in [-0.15, -0.1) is 0 Å². The molecule has 2 amide bonds. The molecule has 0 aliphatic carbocycles. The van der Waals surface area contributed by atoms with E-state index < -0.39 is 23.7 Å². The van der Waals surface area contributed by atoms with Crippen molar-refractivity contribution in [2.75, 3.05) is 18.5 Å². The Kier molecular flexibility index (Phi) is 6.06. The number of carbonyl (C=O) groups excluding carboxylic acids is 2. The van der Waals surface area contributed by atoms with Gasteiger partial charge in [-0.05, 0) is 35.6 Å². The highest BCUT2D eigenvalue weighted by Gasteiger charge is 2.61. The van der Waals surface area contributed by atoms with Crippen LogP contribution in [0, 0.1) is 11.8 Å². The summed E-state index contributed by atoms with van der Waals surface area (Å²) in [5.41, 5.74) is 6.91. The Bertz CT molecular complexity index is 2490. The van der Waals surface area contributed by atoms with Crippen molar-refractivity contribution >= 4 is 28.4 Å². The predicted octanol–water partition coefficient (Wildman–Crippen LogP) is 5.83. The van der Waals surface area contributed by atoms with Gasteiger partial charge in [0.2, 0.25) is 23.6 Å². The van der Waals surface area contributed by atoms with Crippen LogP contribution in [0.2, 0.25) is 0 Å². The molecule has 0 radical (unpaired) electrons. The minimum atomic E-state index is -1.02. The smallest absolute Gasteiger partial charge is 0.249 e. The van der Waals surface area contributed by atoms with Gasteiger partial charge in [-0.3, -0.25) is 9.59 Å². The molecule has 260 valence electrons. The first kappa shape index (κ1) is 29.8. The summed E-state index contributed by atoms with van der Waals surface area (Å²) in [6.45, 7) is 4.87. The number of H-pyrrole nitrogens is 1. The van der Waals surface area contributed by atoms with E-state index in [-0.39, 0.29) is 30.1 Å². The molecule has 1 saturated heterocycles. The summed E-state index contributed by atoms with van der Waals surface area (Å²) in [4.78, 5) is 41.0. The van der Waals surface area contributed by atoms with E-state index in [1.807, 2.05) is 38.2 Å². The molecule has 5 aliphatic rings. The number of aromatic amines is 1. The van der Waals surface area contributed by atoms with Crippen molar-refractivity contribution in [1.29, 1.82) is 0 Å². The second-order valence-electron chi connectivity index (χ2n) is 14.8. The van der Waals surface area contributed by atoms with Crippen LogP contribution in [0.15, 0.2) is 75.8 Å². The first-order valence-electron chi connectivity index (χ1n) is 17.9. The monoisotopic (exact) mass is 694 g/mol. The van der Waals surface area contributed by atoms with Gasteiger partial charge < -0.3 is 39.2 Å². The van der Waals surface area contributed by atoms with E-state index in [1.54, 1.807) is 6.20 Å². The molecule has 6 aromatic rings. The molecule has 1 spiro atoms. The minimum Gasteiger partial charge on any atom is -0.469 e. The summed E-state index contributed by atoms with van der Waals surface area (Å²) in [7, 11) is 0. The molecule has 8 heterocycles. The third-order valence-electron chi connectivity index (χ3n) is 11.4. The Balaban J connectivity index is 1.20. The number of anilines is 1. The topological polar surface area (TPSA) is 157 Å². The fraction of sp³-hybridized carbons (Fsp3) is 0.300. The molecular formula is C40H34N6O6. The summed E-state index contributed by atoms with van der Waals surface area (Å²) < 4.78 is 26.0. The number of oxazole rings is 2. The Labute approximate surface area is 297 Å². The summed E-state index contributed by atoms with van der Waals surface area (Å²) in [6, 6.07) is 17.0. The van der Waals surface area contributed by atoms with Crippen LogP contribution in [0.5, 0.6) is 5.75 Å². The average Bonchev–Trinajstić information content (AvgIpc) is 3.99. The number of nitrogens with zero attached hydrogens (tertiary/aromatic N) is 2. The molecule has 52 heavy (non-hydrogen) atoms. The molecule has 11 rings (SSSR count). The predicted molar refractivity (Wildman–Crippen MR) is 189 cm³/mol. The molecular weight excluding hydrogens is 660 g/mol. The number of fused-ring (bicyclic) bond motifs is 7. The average molecular weight is 695 g/mol. The molecule has 12 heteroatoms. The highest BCUT2D eigenvalue weighted by molar-refractivity contribution is 6.07. The lowest BCUT2D eigenvalue weighted by Gasteiger charge is -2.29. The van der Waals surface area contributed by atoms with Gasteiger partial charge >= 0.3 is 0 Å². The molecule has 5 aliphatic heterocycles. The van der Waals surface area contributed by atoms with Gasteiger partial charge in [0, 0.05) is 58.1 Å². The number of amides is 2. The number of hydrogen-bond donors (Lipinski definition) is 4. The van der Waals surface area contributed by atoms with Gasteiger partial charge in [0.15, 0.2) is 23.4 Å². The Hall–Kier alpha value is -5.88. The second-order valence-corrected chi connectivity index (χ2v) is 14.8. The Morgan fingerprint density at radius 3 is 2.77 bits per heavy atom. The molecule has 0 saturated carbocycles. The zero-order valence-electron chi connectivity index (χ0n) is 28.4. The van der Waals surface area contributed by atoms with Gasteiger partial charge in [0.05, 0.1) is 18.7 Å². The number of para-hydroxylation sites is 1. The number of carbonyl (C=O) groups is 2. The largest absolute Gasteiger partial charge is 0.469 e. The SMILES string of the molecule is CC(C)[C@@H]1NC(=O)[C@@H](NC(=O)[C@@H]2CCOC2)Cc2ccc3c(c2)[C@]24c5cccc(c5NC2O3)-c2cccc3[nH]cc(c23)-c2cnc(o2)-c2nc1oc24. The zero-order valence-corrected chi connectivity index (χ0v) is 28.4. The molecule has 12 nitrogen and oxygen atoms in total. The number of aromatic nitrogens is 3. The van der Waals surface area contributed by atoms with Gasteiger partial charge in [0.25, 0.3) is 0 Å². The summed E-state index contributed by atoms with van der Waals surface area (Å²) in [5, 5.41) is 11.1. The summed E-state index contributed by atoms with van der Waals surface area (Å²) >= 11 is 0. The third kappa shape index (κ3) is 3.95. The second kappa shape index (κ2) is 10.6. The number of rotatable bonds is 3. The van der Waals surface area contributed by atoms with Crippen molar-refractivity contribution < 1.29 is 27.9 Å². The van der Waals surface area contributed by atoms with Crippen molar-refractivity contribution in [2.24, 2.45) is 11.8 Å². The van der Waals surface area contributed by atoms with Crippen molar-refractivity contribution in [3.63, 3.8) is 0 Å². The number of hydrogen-bond acceptors (Lipinski definition) is 9. The van der Waals surface area contributed by atoms with Crippen LogP contribution >= 0.6 is 0 Å². The Morgan fingerprint density at radius 2 is 1.90 bits per heavy atom. The van der Waals surface area contributed by atoms with Gasteiger partial charge in [-0.25, -0.2) is 9.97 Å². The molecule has 4 N–H and O–H groups in total. The van der Waals surface area contributed by atoms with Crippen LogP contribution in [-0.2, 0) is 26.2 Å². The molecule has 1 unspecified atom stereocenters. The zero-order chi connectivity index (χ0) is 34.9. The fourth-order valence-corrected chi connectivity index (χ4v) is 8.89. The van der Waals surface area contributed by atoms with Crippen LogP contribution in [0.4, 0.5) is 5.69 Å². The summed E-state index contributed by atoms with van der Waals surface area (Å²) in [6.07, 6.45) is 3.95. The molecule has 1 fully saturated rings. The van der Waals surface area contributed by atoms with Crippen molar-refractivity contribution in [2.45, 2.75) is 50.4 Å². The van der Waals surface area contributed by atoms with Crippen LogP contribution in [0.25, 0.3) is 44.9 Å². The van der Waals surface area contributed by atoms with Crippen molar-refractivity contribution in [3.8, 4) is 39.8 Å². The van der Waals surface area contributed by atoms with E-state index in [9.17, 15) is 9.59 Å². The minimum absolute atomic E-state index is 0.127. The molecule has 10 bridgehead atoms. The number of nitrogens with one attached hydrogen (secondary N) is 4. The lowest BCUT2D eigenvalue weighted by molar-refractivity contribution is -0.131. The van der Waals surface area contributed by atoms with Gasteiger partial charge in [0.1, 0.15) is 23.2 Å². The molecule has 5 atom stereocenters. The van der Waals surface area contributed by atoms with E-state index in [2.05, 4.69) is 57.3 Å². The van der Waals surface area contributed by atoms with Gasteiger partial charge in [-0.2, -0.15) is 0 Å². The lowest BCUT2D eigenvalue weighted by atomic mass is 9.72. The Morgan fingerprint density at radius 1 is 1.02 bits per heavy atom. The summed E-state index contributed by atoms with van der Waals surface area (Å²) in [5.74, 6) is 1.44. The van der Waals surface area contributed by atoms with Crippen molar-refractivity contribution in [1.82, 2.24) is 25.6 Å². The van der Waals surface area contributed by atoms with Crippen LogP contribution in [0.3, 0.4) is 0 Å². The standard InChI is InChI=1S/C40H34N6O6/c1-18(2)31-38-45-33-34(52-38)40-24-7-3-6-22(21-5-4-8-26-30(21)23(15-41-26)29-16-42-37(33)50-29)32(24)46-39(40)51-28-10-9-19(13-25(28)40)14-27(36(48)44-31)43-35(47)20-11-12-49-17-20/h3-10,13,15-16,18,20,27,31,39,41,46H,11-12,14,17H2,1-2H3,(H,43,47)(H,44,48)/t20-,27+,31+,39?,40+/m1/s1. The highest BCUT2D eigenvalue weighted by atomic mass is 16.5. The number of benzene rings is 3. The maximum Gasteiger partial charge on any atom is 0.249 e. The van der Waals surface area contributed by atoms with E-state index in [1.165, 1.54) is 0 Å². The fourth-order valence-electron chi connectivity index (χ4n) is 8.89. The van der Waals surface area contributed by atoms with Crippen LogP contribution < -0.4 is 20.7 Å². The van der Waals surface area contributed by atoms with E-state index >= 15 is 0 Å². The maximum atomic E-state index is 14.2. The quantitative estimate of drug-likeness (QED) is 0.179. The van der Waals surface area contributed by atoms with E-state index in [0.29, 0.717) is 54.4 Å².